The van der Waals surface area contributed by atoms with E-state index in [4.69, 9.17) is 66.3 Å². The Kier molecular flexibility index (Phi) is 48.8. The van der Waals surface area contributed by atoms with Gasteiger partial charge in [-0.1, -0.05) is 127 Å². The molecule has 1 fully saturated rings. The molecule has 3 aromatic carbocycles. The fraction of sp³-hybridized carbons (Fsp3) is 0.682. The number of hydrogen-bond acceptors (Lipinski definition) is 22. The van der Waals surface area contributed by atoms with Crippen LogP contribution < -0.4 is 20.9 Å². The molecular weight excluding hydrogens is 1470 g/mol. The number of fused-ring (bicyclic) bond motifs is 2. The summed E-state index contributed by atoms with van der Waals surface area (Å²) in [6.07, 6.45) is -0.169. The maximum absolute atomic E-state index is 14.7. The van der Waals surface area contributed by atoms with Crippen LogP contribution in [-0.4, -0.2) is 304 Å². The van der Waals surface area contributed by atoms with Crippen molar-refractivity contribution >= 4 is 47.0 Å². The van der Waals surface area contributed by atoms with E-state index in [1.165, 1.54) is 19.1 Å². The summed E-state index contributed by atoms with van der Waals surface area (Å²) < 4.78 is 79.1. The lowest BCUT2D eigenvalue weighted by Gasteiger charge is -2.41. The Balaban J connectivity index is 0.788. The zero-order valence-electron chi connectivity index (χ0n) is 69.8. The first-order valence-corrected chi connectivity index (χ1v) is 40.5. The Labute approximate surface area is 676 Å². The van der Waals surface area contributed by atoms with Crippen molar-refractivity contribution in [3.63, 3.8) is 0 Å². The molecule has 2 aliphatic heterocycles. The summed E-state index contributed by atoms with van der Waals surface area (Å²) in [5, 5.41) is 19.7. The molecule has 10 atom stereocenters. The van der Waals surface area contributed by atoms with Gasteiger partial charge in [-0.05, 0) is 66.8 Å². The largest absolute Gasteiger partial charge is 0.386 e. The van der Waals surface area contributed by atoms with E-state index in [1.54, 1.807) is 54.8 Å². The van der Waals surface area contributed by atoms with E-state index in [0.717, 1.165) is 22.4 Å². The molecule has 0 radical (unpaired) electrons. The fourth-order valence-electron chi connectivity index (χ4n) is 13.5. The Morgan fingerprint density at radius 3 is 1.49 bits per heavy atom. The molecule has 2 heterocycles. The van der Waals surface area contributed by atoms with Crippen molar-refractivity contribution in [1.82, 2.24) is 30.7 Å². The third-order valence-corrected chi connectivity index (χ3v) is 20.0. The van der Waals surface area contributed by atoms with Crippen LogP contribution in [0.1, 0.15) is 129 Å². The minimum absolute atomic E-state index is 0.0251. The minimum atomic E-state index is -0.966. The number of methoxy groups -OCH3 is 2. The van der Waals surface area contributed by atoms with Crippen molar-refractivity contribution in [2.75, 3.05) is 205 Å². The number of rotatable bonds is 62. The number of likely N-dealkylation sites (N-methyl/N-ethyl adjacent to an activating group) is 2. The Morgan fingerprint density at radius 2 is 1.00 bits per heavy atom. The van der Waals surface area contributed by atoms with E-state index in [2.05, 4.69) is 27.8 Å². The van der Waals surface area contributed by atoms with Gasteiger partial charge in [0.1, 0.15) is 12.1 Å². The monoisotopic (exact) mass is 1600 g/mol. The maximum atomic E-state index is 14.7. The van der Waals surface area contributed by atoms with Gasteiger partial charge in [-0.15, -0.1) is 0 Å². The van der Waals surface area contributed by atoms with Crippen molar-refractivity contribution in [2.24, 2.45) is 23.7 Å². The standard InChI is InChI=1S/C85H133N7O22/c1-13-64(6)80(73(101-11)60-77(96)91-35-21-28-72(91)82(102-12)65(7)83(98)87-66(8)81(97)69-24-15-14-16-25-69)90(10)85(100)78(62(2)3)88-84(99)79(63(4)5)89(9)75(94)33-36-103-38-40-105-42-44-107-46-48-109-50-52-111-54-56-113-58-59-114-57-55-112-53-51-110-49-47-108-45-43-106-41-39-104-37-34-86-74(93)31-32-76(95)92-61-70-26-18-17-22-67(70)29-30-68-23-19-20-27-71(68)92/h14-20,22-27,62-66,72-73,78-82,97H,13,21,28,31-61H2,1-12H3,(H,86,93)(H,87,98)(H,88,99)/t64-,65+,66+,72-,73+,78-,79-,80-,81+,82+/m0/s1. The molecule has 29 nitrogen and oxygen atoms in total. The molecule has 114 heavy (non-hydrogen) atoms. The molecule has 0 aromatic heterocycles. The molecule has 4 N–H and O–H groups in total. The average molecular weight is 1610 g/mol. The zero-order valence-corrected chi connectivity index (χ0v) is 69.8. The quantitative estimate of drug-likeness (QED) is 0.0361. The normalized spacial score (nSPS) is 15.7. The van der Waals surface area contributed by atoms with Crippen LogP contribution in [0.5, 0.6) is 0 Å². The van der Waals surface area contributed by atoms with E-state index in [9.17, 15) is 38.7 Å². The number of carbonyl (C=O) groups excluding carboxylic acids is 7. The number of para-hydroxylation sites is 1. The van der Waals surface area contributed by atoms with Gasteiger partial charge in [0, 0.05) is 65.4 Å². The van der Waals surface area contributed by atoms with Crippen LogP contribution in [0.3, 0.4) is 0 Å². The Morgan fingerprint density at radius 1 is 0.526 bits per heavy atom. The van der Waals surface area contributed by atoms with Crippen molar-refractivity contribution < 1.29 is 105 Å². The predicted molar refractivity (Wildman–Crippen MR) is 430 cm³/mol. The number of anilines is 1. The van der Waals surface area contributed by atoms with Gasteiger partial charge in [-0.3, -0.25) is 33.6 Å². The molecule has 3 aromatic rings. The topological polar surface area (TPSA) is 318 Å². The number of amides is 7. The predicted octanol–water partition coefficient (Wildman–Crippen LogP) is 6.20. The summed E-state index contributed by atoms with van der Waals surface area (Å²) >= 11 is 0. The summed E-state index contributed by atoms with van der Waals surface area (Å²) in [6.45, 7) is 25.4. The Bertz CT molecular complexity index is 3290. The molecule has 2 aliphatic rings. The molecule has 7 amide bonds. The van der Waals surface area contributed by atoms with Crippen molar-refractivity contribution in [3.8, 4) is 11.8 Å². The summed E-state index contributed by atoms with van der Waals surface area (Å²) in [7, 11) is 6.32. The SMILES string of the molecule is CC[C@H](C)[C@@H]([C@@H](CC(=O)N1CCC[C@H]1[C@H](OC)[C@@H](C)C(=O)N[C@H](C)[C@@H](O)c1ccccc1)OC)N(C)C(=O)[C@@H](NC(=O)[C@H](C(C)C)N(C)C(=O)CCOCCOCCOCCOCCOCCOCCOCCOCCOCCOCCOCCOCCNC(=O)CCC(=O)N1Cc2ccccc2C#Cc2ccccc21)C(C)C. The van der Waals surface area contributed by atoms with Crippen LogP contribution in [0.4, 0.5) is 5.69 Å². The van der Waals surface area contributed by atoms with E-state index in [1.807, 2.05) is 108 Å². The van der Waals surface area contributed by atoms with Crippen LogP contribution in [0, 0.1) is 35.5 Å². The fourth-order valence-corrected chi connectivity index (χ4v) is 13.5. The van der Waals surface area contributed by atoms with Crippen LogP contribution >= 0.6 is 0 Å². The molecular formula is C85H133N7O22. The third-order valence-electron chi connectivity index (χ3n) is 20.0. The summed E-state index contributed by atoms with van der Waals surface area (Å²) in [5.74, 6) is 3.01. The molecule has 0 unspecified atom stereocenters. The van der Waals surface area contributed by atoms with Gasteiger partial charge in [0.2, 0.25) is 41.4 Å². The van der Waals surface area contributed by atoms with E-state index in [0.29, 0.717) is 190 Å². The number of aliphatic hydroxyl groups is 1. The molecule has 0 bridgehead atoms. The second-order valence-corrected chi connectivity index (χ2v) is 29.0. The van der Waals surface area contributed by atoms with Gasteiger partial charge in [0.25, 0.3) is 0 Å². The van der Waals surface area contributed by atoms with Crippen molar-refractivity contribution in [3.05, 3.63) is 101 Å². The van der Waals surface area contributed by atoms with Crippen LogP contribution in [0.2, 0.25) is 0 Å². The Hall–Kier alpha value is -7.09. The highest BCUT2D eigenvalue weighted by Gasteiger charge is 2.44. The van der Waals surface area contributed by atoms with Crippen molar-refractivity contribution in [1.29, 1.82) is 0 Å². The molecule has 1 saturated heterocycles. The average Bonchev–Trinajstić information content (AvgIpc) is 1.38. The first-order valence-electron chi connectivity index (χ1n) is 40.5. The number of aliphatic hydroxyl groups excluding tert-OH is 1. The van der Waals surface area contributed by atoms with Crippen LogP contribution in [0.25, 0.3) is 0 Å². The van der Waals surface area contributed by atoms with Gasteiger partial charge < -0.3 is 107 Å². The smallest absolute Gasteiger partial charge is 0.245 e. The summed E-state index contributed by atoms with van der Waals surface area (Å²) in [6, 6.07) is 21.1. The van der Waals surface area contributed by atoms with Crippen molar-refractivity contribution in [2.45, 2.75) is 155 Å². The van der Waals surface area contributed by atoms with Gasteiger partial charge in [-0.25, -0.2) is 0 Å². The molecule has 0 spiro atoms. The third kappa shape index (κ3) is 35.4. The first kappa shape index (κ1) is 97.5. The van der Waals surface area contributed by atoms with E-state index < -0.39 is 60.3 Å². The number of ether oxygens (including phenoxy) is 14. The number of carbonyl (C=O) groups is 7. The van der Waals surface area contributed by atoms with Gasteiger partial charge >= 0.3 is 0 Å². The molecule has 0 saturated carbocycles. The van der Waals surface area contributed by atoms with E-state index >= 15 is 0 Å². The molecule has 29 heteroatoms. The number of hydrogen-bond donors (Lipinski definition) is 4. The molecule has 5 rings (SSSR count). The lowest BCUT2D eigenvalue weighted by atomic mass is 9.89. The second-order valence-electron chi connectivity index (χ2n) is 29.0. The van der Waals surface area contributed by atoms with Gasteiger partial charge in [0.05, 0.1) is 226 Å². The maximum Gasteiger partial charge on any atom is 0.245 e. The lowest BCUT2D eigenvalue weighted by Crippen LogP contribution is -2.60. The van der Waals surface area contributed by atoms with Gasteiger partial charge in [-0.2, -0.15) is 0 Å². The van der Waals surface area contributed by atoms with E-state index in [-0.39, 0.29) is 92.1 Å². The highest BCUT2D eigenvalue weighted by Crippen LogP contribution is 2.31. The minimum Gasteiger partial charge on any atom is -0.386 e. The summed E-state index contributed by atoms with van der Waals surface area (Å²) in [4.78, 5) is 103. The lowest BCUT2D eigenvalue weighted by molar-refractivity contribution is -0.148. The molecule has 0 aliphatic carbocycles. The number of likely N-dealkylation sites (tertiary alicyclic amines) is 1. The zero-order chi connectivity index (χ0) is 82.8. The number of nitrogens with zero attached hydrogens (tertiary/aromatic N) is 4. The molecule has 640 valence electrons. The number of benzene rings is 3. The van der Waals surface area contributed by atoms with Crippen LogP contribution in [-0.2, 0) is 106 Å². The number of nitrogens with one attached hydrogen (secondary N) is 3. The first-order chi connectivity index (χ1) is 55.1. The van der Waals surface area contributed by atoms with Gasteiger partial charge in [0.15, 0.2) is 0 Å². The van der Waals surface area contributed by atoms with Crippen LogP contribution in [0.15, 0.2) is 78.9 Å². The highest BCUT2D eigenvalue weighted by atomic mass is 16.6. The highest BCUT2D eigenvalue weighted by molar-refractivity contribution is 5.97. The second kappa shape index (κ2) is 57.1. The summed E-state index contributed by atoms with van der Waals surface area (Å²) in [5.41, 5.74) is 4.04.